The highest BCUT2D eigenvalue weighted by atomic mass is 19.1. The van der Waals surface area contributed by atoms with E-state index in [0.29, 0.717) is 40.8 Å². The molecule has 0 radical (unpaired) electrons. The van der Waals surface area contributed by atoms with Crippen LogP contribution in [0.3, 0.4) is 0 Å². The molecule has 0 fully saturated rings. The Morgan fingerprint density at radius 1 is 1.07 bits per heavy atom. The van der Waals surface area contributed by atoms with Crippen molar-refractivity contribution in [2.75, 3.05) is 0 Å². The van der Waals surface area contributed by atoms with Gasteiger partial charge in [0.15, 0.2) is 11.5 Å². The molecule has 4 aromatic heterocycles. The average Bonchev–Trinajstić information content (AvgIpc) is 3.43. The van der Waals surface area contributed by atoms with Gasteiger partial charge in [0.25, 0.3) is 5.95 Å². The Bertz CT molecular complexity index is 1220. The Morgan fingerprint density at radius 3 is 2.85 bits per heavy atom. The summed E-state index contributed by atoms with van der Waals surface area (Å²) in [6.45, 7) is 0. The summed E-state index contributed by atoms with van der Waals surface area (Å²) in [4.78, 5) is 17.5. The molecule has 132 valence electrons. The number of nitrogens with zero attached hydrogens (tertiary/aromatic N) is 7. The summed E-state index contributed by atoms with van der Waals surface area (Å²) in [5.41, 5.74) is 2.48. The minimum absolute atomic E-state index is 0.267. The molecule has 0 spiro atoms. The zero-order chi connectivity index (χ0) is 18.2. The molecule has 4 heterocycles. The highest BCUT2D eigenvalue weighted by Crippen LogP contribution is 2.20. The van der Waals surface area contributed by atoms with Crippen LogP contribution in [0.25, 0.3) is 23.1 Å². The molecule has 0 bridgehead atoms. The number of fused-ring (bicyclic) bond motifs is 1. The zero-order valence-electron chi connectivity index (χ0n) is 14.0. The number of hydrogen-bond acceptors (Lipinski definition) is 5. The van der Waals surface area contributed by atoms with E-state index in [0.717, 1.165) is 0 Å². The number of halogens is 1. The average molecular weight is 360 g/mol. The largest absolute Gasteiger partial charge is 0.303 e. The molecule has 0 saturated heterocycles. The van der Waals surface area contributed by atoms with Gasteiger partial charge >= 0.3 is 0 Å². The molecule has 0 aliphatic rings. The van der Waals surface area contributed by atoms with Gasteiger partial charge in [-0.2, -0.15) is 4.98 Å². The van der Waals surface area contributed by atoms with Crippen molar-refractivity contribution in [2.45, 2.75) is 6.42 Å². The molecule has 5 aromatic rings. The fraction of sp³-hybridized carbons (Fsp3) is 0.0556. The number of aromatic nitrogens is 8. The van der Waals surface area contributed by atoms with Gasteiger partial charge in [-0.1, -0.05) is 18.2 Å². The second-order valence-electron chi connectivity index (χ2n) is 5.95. The molecule has 0 unspecified atom stereocenters. The number of benzene rings is 1. The standard InChI is InChI=1S/C18H13FN8/c19-13-4-2-1-3-12(13)9-14-17-21-6-8-26(17)10-15(22-14)16-23-18(25-24-16)27-7-5-20-11-27/h1-8,10-11H,9H2,(H,23,24,25). The molecule has 0 saturated carbocycles. The maximum Gasteiger partial charge on any atom is 0.254 e. The summed E-state index contributed by atoms with van der Waals surface area (Å²) >= 11 is 0. The molecule has 0 aliphatic carbocycles. The van der Waals surface area contributed by atoms with Crippen LogP contribution in [-0.4, -0.2) is 39.1 Å². The fourth-order valence-corrected chi connectivity index (χ4v) is 2.91. The summed E-state index contributed by atoms with van der Waals surface area (Å²) < 4.78 is 17.6. The van der Waals surface area contributed by atoms with Gasteiger partial charge in [0.1, 0.15) is 17.8 Å². The number of hydrogen-bond donors (Lipinski definition) is 1. The molecule has 5 rings (SSSR count). The molecular weight excluding hydrogens is 347 g/mol. The third kappa shape index (κ3) is 2.74. The Kier molecular flexibility index (Phi) is 3.49. The van der Waals surface area contributed by atoms with Gasteiger partial charge in [0.05, 0.1) is 5.69 Å². The highest BCUT2D eigenvalue weighted by Gasteiger charge is 2.14. The molecule has 9 heteroatoms. The van der Waals surface area contributed by atoms with Crippen LogP contribution >= 0.6 is 0 Å². The minimum Gasteiger partial charge on any atom is -0.303 e. The van der Waals surface area contributed by atoms with Crippen molar-refractivity contribution in [1.29, 1.82) is 0 Å². The molecule has 1 N–H and O–H groups in total. The predicted molar refractivity (Wildman–Crippen MR) is 94.7 cm³/mol. The minimum atomic E-state index is -0.267. The Hall–Kier alpha value is -3.88. The molecule has 0 atom stereocenters. The van der Waals surface area contributed by atoms with Crippen LogP contribution in [0.2, 0.25) is 0 Å². The third-order valence-electron chi connectivity index (χ3n) is 4.21. The van der Waals surface area contributed by atoms with Gasteiger partial charge in [-0.25, -0.2) is 19.3 Å². The van der Waals surface area contributed by atoms with Crippen molar-refractivity contribution in [1.82, 2.24) is 39.1 Å². The lowest BCUT2D eigenvalue weighted by atomic mass is 10.1. The van der Waals surface area contributed by atoms with E-state index < -0.39 is 0 Å². The Labute approximate surface area is 152 Å². The normalized spacial score (nSPS) is 11.3. The van der Waals surface area contributed by atoms with E-state index in [-0.39, 0.29) is 5.82 Å². The maximum absolute atomic E-state index is 14.1. The van der Waals surface area contributed by atoms with Gasteiger partial charge < -0.3 is 4.40 Å². The van der Waals surface area contributed by atoms with Crippen molar-refractivity contribution >= 4 is 5.65 Å². The van der Waals surface area contributed by atoms with E-state index in [1.54, 1.807) is 47.7 Å². The van der Waals surface area contributed by atoms with E-state index in [4.69, 9.17) is 0 Å². The summed E-state index contributed by atoms with van der Waals surface area (Å²) in [5, 5.41) is 7.08. The van der Waals surface area contributed by atoms with Crippen molar-refractivity contribution in [3.05, 3.63) is 78.7 Å². The first-order chi connectivity index (χ1) is 13.3. The number of rotatable bonds is 4. The quantitative estimate of drug-likeness (QED) is 0.532. The second-order valence-corrected chi connectivity index (χ2v) is 5.95. The monoisotopic (exact) mass is 360 g/mol. The highest BCUT2D eigenvalue weighted by molar-refractivity contribution is 5.55. The van der Waals surface area contributed by atoms with Crippen LogP contribution in [0.15, 0.2) is 61.6 Å². The smallest absolute Gasteiger partial charge is 0.254 e. The molecule has 1 aromatic carbocycles. The van der Waals surface area contributed by atoms with E-state index >= 15 is 0 Å². The summed E-state index contributed by atoms with van der Waals surface area (Å²) in [6, 6.07) is 6.66. The van der Waals surface area contributed by atoms with Crippen LogP contribution < -0.4 is 0 Å². The summed E-state index contributed by atoms with van der Waals surface area (Å²) in [6.07, 6.45) is 10.7. The molecule has 0 aliphatic heterocycles. The summed E-state index contributed by atoms with van der Waals surface area (Å²) in [5.74, 6) is 0.700. The van der Waals surface area contributed by atoms with E-state index in [2.05, 4.69) is 30.1 Å². The van der Waals surface area contributed by atoms with Crippen LogP contribution in [0.1, 0.15) is 11.3 Å². The molecule has 8 nitrogen and oxygen atoms in total. The van der Waals surface area contributed by atoms with Crippen molar-refractivity contribution in [2.24, 2.45) is 0 Å². The third-order valence-corrected chi connectivity index (χ3v) is 4.21. The van der Waals surface area contributed by atoms with E-state index in [9.17, 15) is 4.39 Å². The lowest BCUT2D eigenvalue weighted by Crippen LogP contribution is -2.02. The number of aromatic amines is 1. The van der Waals surface area contributed by atoms with Gasteiger partial charge in [-0.15, -0.1) is 5.10 Å². The number of nitrogens with one attached hydrogen (secondary N) is 1. The first kappa shape index (κ1) is 15.4. The first-order valence-corrected chi connectivity index (χ1v) is 8.25. The first-order valence-electron chi connectivity index (χ1n) is 8.25. The van der Waals surface area contributed by atoms with Crippen LogP contribution in [-0.2, 0) is 6.42 Å². The van der Waals surface area contributed by atoms with Gasteiger partial charge in [0, 0.05) is 37.4 Å². The molecular formula is C18H13FN8. The van der Waals surface area contributed by atoms with Gasteiger partial charge in [0.2, 0.25) is 0 Å². The van der Waals surface area contributed by atoms with Gasteiger partial charge in [-0.05, 0) is 11.6 Å². The Balaban J connectivity index is 1.59. The van der Waals surface area contributed by atoms with E-state index in [1.165, 1.54) is 6.07 Å². The van der Waals surface area contributed by atoms with E-state index in [1.807, 2.05) is 16.8 Å². The maximum atomic E-state index is 14.1. The SMILES string of the molecule is Fc1ccccc1Cc1nc(-c2nc(-n3ccnc3)n[nH]2)cn2ccnc12. The number of H-pyrrole nitrogens is 1. The van der Waals surface area contributed by atoms with Gasteiger partial charge in [-0.3, -0.25) is 9.67 Å². The second kappa shape index (κ2) is 6.13. The number of imidazole rings is 2. The topological polar surface area (TPSA) is 89.6 Å². The predicted octanol–water partition coefficient (Wildman–Crippen LogP) is 2.43. The van der Waals surface area contributed by atoms with Crippen molar-refractivity contribution in [3.8, 4) is 17.5 Å². The molecule has 0 amide bonds. The van der Waals surface area contributed by atoms with Crippen LogP contribution in [0.4, 0.5) is 4.39 Å². The summed E-state index contributed by atoms with van der Waals surface area (Å²) in [7, 11) is 0. The van der Waals surface area contributed by atoms with Crippen molar-refractivity contribution < 1.29 is 4.39 Å². The Morgan fingerprint density at radius 2 is 2.00 bits per heavy atom. The lowest BCUT2D eigenvalue weighted by molar-refractivity contribution is 0.613. The fourth-order valence-electron chi connectivity index (χ4n) is 2.91. The van der Waals surface area contributed by atoms with Crippen LogP contribution in [0.5, 0.6) is 0 Å². The van der Waals surface area contributed by atoms with Crippen molar-refractivity contribution in [3.63, 3.8) is 0 Å². The molecule has 27 heavy (non-hydrogen) atoms. The van der Waals surface area contributed by atoms with Crippen LogP contribution in [0, 0.1) is 5.82 Å². The lowest BCUT2D eigenvalue weighted by Gasteiger charge is -2.07. The zero-order valence-corrected chi connectivity index (χ0v) is 14.0.